The minimum atomic E-state index is -0.818. The van der Waals surface area contributed by atoms with Crippen molar-refractivity contribution in [3.05, 3.63) is 71.1 Å². The van der Waals surface area contributed by atoms with Crippen molar-refractivity contribution in [3.8, 4) is 23.0 Å². The lowest BCUT2D eigenvalue weighted by atomic mass is 9.83. The highest BCUT2D eigenvalue weighted by atomic mass is 16.5. The average Bonchev–Trinajstić information content (AvgIpc) is 2.88. The summed E-state index contributed by atoms with van der Waals surface area (Å²) < 4.78 is 26.5. The number of hydrogen-bond acceptors (Lipinski definition) is 9. The number of methoxy groups -OCH3 is 3. The van der Waals surface area contributed by atoms with Crippen molar-refractivity contribution >= 4 is 11.9 Å². The van der Waals surface area contributed by atoms with Gasteiger partial charge in [-0.1, -0.05) is 12.1 Å². The molecule has 1 N–H and O–H groups in total. The fraction of sp³-hybridized carbons (Fsp3) is 0.333. The second-order valence-electron chi connectivity index (χ2n) is 7.84. The lowest BCUT2D eigenvalue weighted by molar-refractivity contribution is -0.139. The summed E-state index contributed by atoms with van der Waals surface area (Å²) in [5.41, 5.74) is 1.82. The maximum atomic E-state index is 13.1. The van der Waals surface area contributed by atoms with Crippen LogP contribution in [0.2, 0.25) is 0 Å². The highest BCUT2D eigenvalue weighted by Crippen LogP contribution is 2.40. The van der Waals surface area contributed by atoms with Crippen molar-refractivity contribution < 1.29 is 38.4 Å². The maximum Gasteiger partial charge on any atom is 0.336 e. The first-order chi connectivity index (χ1) is 17.4. The zero-order chi connectivity index (χ0) is 26.2. The van der Waals surface area contributed by atoms with Gasteiger partial charge >= 0.3 is 11.9 Å². The number of aromatic hydroxyl groups is 1. The Morgan fingerprint density at radius 2 is 1.36 bits per heavy atom. The molecule has 0 fully saturated rings. The van der Waals surface area contributed by atoms with Crippen LogP contribution in [0.15, 0.2) is 59.9 Å². The van der Waals surface area contributed by atoms with Crippen molar-refractivity contribution in [1.82, 2.24) is 4.90 Å². The van der Waals surface area contributed by atoms with E-state index >= 15 is 0 Å². The van der Waals surface area contributed by atoms with Crippen LogP contribution in [0.3, 0.4) is 0 Å². The molecule has 1 aliphatic rings. The minimum Gasteiger partial charge on any atom is -0.504 e. The van der Waals surface area contributed by atoms with E-state index < -0.39 is 17.9 Å². The average molecular weight is 498 g/mol. The van der Waals surface area contributed by atoms with Gasteiger partial charge in [0.05, 0.1) is 51.6 Å². The second kappa shape index (κ2) is 12.0. The number of hydrogen-bond donors (Lipinski definition) is 1. The number of benzene rings is 2. The van der Waals surface area contributed by atoms with E-state index in [0.29, 0.717) is 23.6 Å². The zero-order valence-corrected chi connectivity index (χ0v) is 21.1. The molecule has 0 radical (unpaired) electrons. The Hall–Kier alpha value is -4.14. The van der Waals surface area contributed by atoms with Crippen molar-refractivity contribution in [2.75, 3.05) is 34.5 Å². The van der Waals surface area contributed by atoms with E-state index in [1.807, 2.05) is 12.1 Å². The smallest absolute Gasteiger partial charge is 0.336 e. The molecule has 0 atom stereocenters. The minimum absolute atomic E-state index is 0.117. The fourth-order valence-electron chi connectivity index (χ4n) is 4.01. The molecule has 0 bridgehead atoms. The summed E-state index contributed by atoms with van der Waals surface area (Å²) in [6.45, 7) is 4.06. The molecule has 192 valence electrons. The van der Waals surface area contributed by atoms with Gasteiger partial charge in [0, 0.05) is 18.9 Å². The Bertz CT molecular complexity index is 1130. The number of carbonyl (C=O) groups is 2. The van der Waals surface area contributed by atoms with E-state index in [2.05, 4.69) is 0 Å². The lowest BCUT2D eigenvalue weighted by Gasteiger charge is -2.30. The van der Waals surface area contributed by atoms with Gasteiger partial charge in [0.1, 0.15) is 0 Å². The van der Waals surface area contributed by atoms with Crippen LogP contribution in [-0.4, -0.2) is 56.5 Å². The zero-order valence-electron chi connectivity index (χ0n) is 21.1. The molecule has 1 heterocycles. The number of rotatable bonds is 10. The quantitative estimate of drug-likeness (QED) is 0.489. The van der Waals surface area contributed by atoms with Gasteiger partial charge in [0.25, 0.3) is 0 Å². The Labute approximate surface area is 210 Å². The van der Waals surface area contributed by atoms with Gasteiger partial charge in [-0.3, -0.25) is 0 Å². The van der Waals surface area contributed by atoms with Crippen molar-refractivity contribution in [3.63, 3.8) is 0 Å². The third-order valence-corrected chi connectivity index (χ3v) is 5.60. The molecule has 0 unspecified atom stereocenters. The standard InChI is InChI=1S/C27H31NO8/c1-6-35-26(30)19-15-28(14-17-8-10-23(33-4)24(12-17)34-5)16-20(27(31)36-7-2)25(19)18-9-11-22(32-3)21(29)13-18/h8-13,15-16,25,29H,6-7,14H2,1-5H3. The molecule has 1 aliphatic heterocycles. The van der Waals surface area contributed by atoms with Gasteiger partial charge in [-0.25, -0.2) is 9.59 Å². The molecule has 0 saturated carbocycles. The molecule has 0 aromatic heterocycles. The highest BCUT2D eigenvalue weighted by Gasteiger charge is 2.36. The number of nitrogens with zero attached hydrogens (tertiary/aromatic N) is 1. The third-order valence-electron chi connectivity index (χ3n) is 5.60. The molecule has 0 spiro atoms. The summed E-state index contributed by atoms with van der Waals surface area (Å²) in [5, 5.41) is 10.4. The van der Waals surface area contributed by atoms with Gasteiger partial charge in [-0.05, 0) is 49.2 Å². The van der Waals surface area contributed by atoms with Crippen LogP contribution in [-0.2, 0) is 25.6 Å². The first kappa shape index (κ1) is 26.5. The monoisotopic (exact) mass is 497 g/mol. The first-order valence-electron chi connectivity index (χ1n) is 11.5. The number of phenolic OH excluding ortho intramolecular Hbond substituents is 1. The Balaban J connectivity index is 2.10. The number of esters is 2. The molecule has 9 nitrogen and oxygen atoms in total. The van der Waals surface area contributed by atoms with Gasteiger partial charge in [-0.2, -0.15) is 0 Å². The normalized spacial score (nSPS) is 13.4. The molecular weight excluding hydrogens is 466 g/mol. The molecule has 0 saturated heterocycles. The first-order valence-corrected chi connectivity index (χ1v) is 11.5. The molecule has 0 amide bonds. The van der Waals surface area contributed by atoms with Crippen molar-refractivity contribution in [2.45, 2.75) is 26.3 Å². The predicted molar refractivity (Wildman–Crippen MR) is 132 cm³/mol. The summed E-state index contributed by atoms with van der Waals surface area (Å²) in [6.07, 6.45) is 3.28. The van der Waals surface area contributed by atoms with E-state index in [0.717, 1.165) is 5.56 Å². The Morgan fingerprint density at radius 3 is 1.86 bits per heavy atom. The van der Waals surface area contributed by atoms with Crippen LogP contribution < -0.4 is 14.2 Å². The summed E-state index contributed by atoms with van der Waals surface area (Å²) in [7, 11) is 4.55. The second-order valence-corrected chi connectivity index (χ2v) is 7.84. The van der Waals surface area contributed by atoms with Crippen LogP contribution >= 0.6 is 0 Å². The maximum absolute atomic E-state index is 13.1. The third kappa shape index (κ3) is 5.73. The Morgan fingerprint density at radius 1 is 0.806 bits per heavy atom. The van der Waals surface area contributed by atoms with Crippen LogP contribution in [0.1, 0.15) is 30.9 Å². The van der Waals surface area contributed by atoms with Gasteiger partial charge in [0.2, 0.25) is 0 Å². The number of ether oxygens (including phenoxy) is 5. The summed E-state index contributed by atoms with van der Waals surface area (Å²) in [4.78, 5) is 27.9. The molecule has 3 rings (SSSR count). The Kier molecular flexibility index (Phi) is 8.83. The van der Waals surface area contributed by atoms with Gasteiger partial charge in [0.15, 0.2) is 23.0 Å². The van der Waals surface area contributed by atoms with Crippen LogP contribution in [0, 0.1) is 0 Å². The molecule has 36 heavy (non-hydrogen) atoms. The summed E-state index contributed by atoms with van der Waals surface area (Å²) in [5.74, 6) is -0.675. The number of carbonyl (C=O) groups excluding carboxylic acids is 2. The SMILES string of the molecule is CCOC(=O)C1=CN(Cc2ccc(OC)c(OC)c2)C=C(C(=O)OCC)C1c1ccc(OC)c(O)c1. The lowest BCUT2D eigenvalue weighted by Crippen LogP contribution is -2.29. The highest BCUT2D eigenvalue weighted by molar-refractivity contribution is 5.98. The molecular formula is C27H31NO8. The fourth-order valence-corrected chi connectivity index (χ4v) is 4.01. The van der Waals surface area contributed by atoms with Gasteiger partial charge < -0.3 is 33.7 Å². The molecule has 9 heteroatoms. The van der Waals surface area contributed by atoms with Gasteiger partial charge in [-0.15, -0.1) is 0 Å². The van der Waals surface area contributed by atoms with E-state index in [9.17, 15) is 14.7 Å². The van der Waals surface area contributed by atoms with Crippen LogP contribution in [0.4, 0.5) is 0 Å². The van der Waals surface area contributed by atoms with Crippen LogP contribution in [0.25, 0.3) is 0 Å². The summed E-state index contributed by atoms with van der Waals surface area (Å²) in [6, 6.07) is 10.2. The van der Waals surface area contributed by atoms with Crippen molar-refractivity contribution in [1.29, 1.82) is 0 Å². The van der Waals surface area contributed by atoms with E-state index in [4.69, 9.17) is 23.7 Å². The summed E-state index contributed by atoms with van der Waals surface area (Å²) >= 11 is 0. The topological polar surface area (TPSA) is 104 Å². The van der Waals surface area contributed by atoms with E-state index in [1.165, 1.54) is 13.2 Å². The largest absolute Gasteiger partial charge is 0.504 e. The molecule has 2 aromatic rings. The van der Waals surface area contributed by atoms with E-state index in [-0.39, 0.29) is 35.9 Å². The van der Waals surface area contributed by atoms with Crippen molar-refractivity contribution in [2.24, 2.45) is 0 Å². The molecule has 0 aliphatic carbocycles. The molecule has 2 aromatic carbocycles. The van der Waals surface area contributed by atoms with E-state index in [1.54, 1.807) is 63.6 Å². The van der Waals surface area contributed by atoms with Crippen LogP contribution in [0.5, 0.6) is 23.0 Å². The predicted octanol–water partition coefficient (Wildman–Crippen LogP) is 3.91. The number of phenols is 1.